The van der Waals surface area contributed by atoms with E-state index in [0.29, 0.717) is 24.8 Å². The Bertz CT molecular complexity index is 436. The molecule has 112 valence electrons. The summed E-state index contributed by atoms with van der Waals surface area (Å²) in [5, 5.41) is 5.86. The molecule has 5 heteroatoms. The van der Waals surface area contributed by atoms with E-state index in [4.69, 9.17) is 4.74 Å². The van der Waals surface area contributed by atoms with E-state index in [1.807, 2.05) is 6.92 Å². The zero-order valence-electron chi connectivity index (χ0n) is 12.3. The maximum Gasteiger partial charge on any atom is 0.257 e. The van der Waals surface area contributed by atoms with Crippen LogP contribution in [0.25, 0.3) is 0 Å². The Morgan fingerprint density at radius 2 is 2.10 bits per heavy atom. The molecule has 20 heavy (non-hydrogen) atoms. The van der Waals surface area contributed by atoms with Gasteiger partial charge in [0.2, 0.25) is 0 Å². The second-order valence-electron chi connectivity index (χ2n) is 5.06. The highest BCUT2D eigenvalue weighted by Gasteiger charge is 2.05. The Kier molecular flexibility index (Phi) is 7.01. The molecule has 1 rings (SSSR count). The summed E-state index contributed by atoms with van der Waals surface area (Å²) in [5.41, 5.74) is 0.802. The first-order valence-corrected chi connectivity index (χ1v) is 6.91. The summed E-state index contributed by atoms with van der Waals surface area (Å²) >= 11 is 0. The summed E-state index contributed by atoms with van der Waals surface area (Å²) in [5.74, 6) is 0.339. The van der Waals surface area contributed by atoms with Crippen LogP contribution in [0.15, 0.2) is 18.2 Å². The van der Waals surface area contributed by atoms with Crippen molar-refractivity contribution >= 4 is 5.91 Å². The summed E-state index contributed by atoms with van der Waals surface area (Å²) < 4.78 is 18.8. The molecule has 0 saturated carbocycles. The zero-order chi connectivity index (χ0) is 15.0. The fourth-order valence-corrected chi connectivity index (χ4v) is 1.71. The molecule has 0 unspecified atom stereocenters. The number of likely N-dealkylation sites (N-methyl/N-ethyl adjacent to an activating group) is 1. The van der Waals surface area contributed by atoms with E-state index in [1.165, 1.54) is 12.1 Å². The van der Waals surface area contributed by atoms with Crippen LogP contribution >= 0.6 is 0 Å². The van der Waals surface area contributed by atoms with Crippen molar-refractivity contribution in [2.75, 3.05) is 19.7 Å². The monoisotopic (exact) mass is 282 g/mol. The second-order valence-corrected chi connectivity index (χ2v) is 5.06. The van der Waals surface area contributed by atoms with Gasteiger partial charge in [-0.05, 0) is 37.1 Å². The molecule has 0 spiro atoms. The number of hydrogen-bond donors (Lipinski definition) is 2. The summed E-state index contributed by atoms with van der Waals surface area (Å²) in [4.78, 5) is 11.3. The van der Waals surface area contributed by atoms with Gasteiger partial charge in [-0.3, -0.25) is 4.79 Å². The third-order valence-corrected chi connectivity index (χ3v) is 2.56. The minimum atomic E-state index is -0.361. The molecule has 2 N–H and O–H groups in total. The third-order valence-electron chi connectivity index (χ3n) is 2.56. The van der Waals surface area contributed by atoms with Gasteiger partial charge in [-0.1, -0.05) is 13.8 Å². The third kappa shape index (κ3) is 6.52. The number of carbonyl (C=O) groups excluding carboxylic acids is 1. The minimum absolute atomic E-state index is 0.101. The molecule has 0 radical (unpaired) electrons. The average molecular weight is 282 g/mol. The van der Waals surface area contributed by atoms with Crippen molar-refractivity contribution in [1.29, 1.82) is 0 Å². The molecule has 0 saturated heterocycles. The van der Waals surface area contributed by atoms with E-state index in [-0.39, 0.29) is 18.3 Å². The molecule has 0 aromatic heterocycles. The maximum atomic E-state index is 13.5. The topological polar surface area (TPSA) is 50.4 Å². The molecule has 0 aliphatic carbocycles. The molecule has 1 aromatic rings. The van der Waals surface area contributed by atoms with Crippen LogP contribution in [-0.2, 0) is 11.3 Å². The molecule has 1 amide bonds. The van der Waals surface area contributed by atoms with E-state index < -0.39 is 0 Å². The van der Waals surface area contributed by atoms with Crippen LogP contribution in [0, 0.1) is 11.7 Å². The highest BCUT2D eigenvalue weighted by molar-refractivity contribution is 5.77. The predicted octanol–water partition coefficient (Wildman–Crippen LogP) is 2.09. The number of rotatable bonds is 8. The molecule has 0 aliphatic heterocycles. The van der Waals surface area contributed by atoms with Crippen LogP contribution in [0.5, 0.6) is 5.75 Å². The maximum absolute atomic E-state index is 13.5. The van der Waals surface area contributed by atoms with Gasteiger partial charge < -0.3 is 15.4 Å². The lowest BCUT2D eigenvalue weighted by molar-refractivity contribution is -0.122. The fraction of sp³-hybridized carbons (Fsp3) is 0.533. The van der Waals surface area contributed by atoms with Gasteiger partial charge in [0.05, 0.1) is 0 Å². The van der Waals surface area contributed by atoms with Gasteiger partial charge >= 0.3 is 0 Å². The smallest absolute Gasteiger partial charge is 0.257 e. The van der Waals surface area contributed by atoms with Crippen LogP contribution in [0.3, 0.4) is 0 Å². The fourth-order valence-electron chi connectivity index (χ4n) is 1.71. The first-order valence-electron chi connectivity index (χ1n) is 6.91. The quantitative estimate of drug-likeness (QED) is 0.767. The largest absolute Gasteiger partial charge is 0.484 e. The lowest BCUT2D eigenvalue weighted by atomic mass is 10.2. The van der Waals surface area contributed by atoms with Gasteiger partial charge in [0, 0.05) is 19.2 Å². The Labute approximate surface area is 119 Å². The summed E-state index contributed by atoms with van der Waals surface area (Å²) in [6.07, 6.45) is 0. The van der Waals surface area contributed by atoms with Crippen molar-refractivity contribution in [3.63, 3.8) is 0 Å². The van der Waals surface area contributed by atoms with E-state index >= 15 is 0 Å². The van der Waals surface area contributed by atoms with Crippen molar-refractivity contribution < 1.29 is 13.9 Å². The second kappa shape index (κ2) is 8.53. The Morgan fingerprint density at radius 3 is 2.75 bits per heavy atom. The number of benzene rings is 1. The van der Waals surface area contributed by atoms with Crippen LogP contribution in [0.1, 0.15) is 26.3 Å². The SMILES string of the molecule is CCNC(=O)COc1cc(F)cc(CNCC(C)C)c1. The van der Waals surface area contributed by atoms with Crippen LogP contribution < -0.4 is 15.4 Å². The number of nitrogens with one attached hydrogen (secondary N) is 2. The van der Waals surface area contributed by atoms with E-state index in [2.05, 4.69) is 24.5 Å². The van der Waals surface area contributed by atoms with Crippen molar-refractivity contribution in [2.24, 2.45) is 5.92 Å². The molecule has 0 atom stereocenters. The van der Waals surface area contributed by atoms with Crippen molar-refractivity contribution in [1.82, 2.24) is 10.6 Å². The van der Waals surface area contributed by atoms with E-state index in [0.717, 1.165) is 12.1 Å². The molecule has 0 bridgehead atoms. The Morgan fingerprint density at radius 1 is 1.35 bits per heavy atom. The Hall–Kier alpha value is -1.62. The van der Waals surface area contributed by atoms with Crippen molar-refractivity contribution in [2.45, 2.75) is 27.3 Å². The highest BCUT2D eigenvalue weighted by atomic mass is 19.1. The zero-order valence-corrected chi connectivity index (χ0v) is 12.3. The first kappa shape index (κ1) is 16.4. The van der Waals surface area contributed by atoms with Crippen LogP contribution in [0.2, 0.25) is 0 Å². The number of carbonyl (C=O) groups is 1. The standard InChI is InChI=1S/C15H23FN2O2/c1-4-18-15(19)10-20-14-6-12(5-13(16)7-14)9-17-8-11(2)3/h5-7,11,17H,4,8-10H2,1-3H3,(H,18,19). The molecular formula is C15H23FN2O2. The average Bonchev–Trinajstić information content (AvgIpc) is 2.36. The van der Waals surface area contributed by atoms with Gasteiger partial charge in [-0.2, -0.15) is 0 Å². The van der Waals surface area contributed by atoms with Crippen molar-refractivity contribution in [3.8, 4) is 5.75 Å². The van der Waals surface area contributed by atoms with Crippen LogP contribution in [-0.4, -0.2) is 25.6 Å². The molecule has 0 heterocycles. The number of amides is 1. The highest BCUT2D eigenvalue weighted by Crippen LogP contribution is 2.16. The van der Waals surface area contributed by atoms with Crippen molar-refractivity contribution in [3.05, 3.63) is 29.6 Å². The number of halogens is 1. The summed E-state index contributed by atoms with van der Waals surface area (Å²) in [6.45, 7) is 7.95. The molecule has 4 nitrogen and oxygen atoms in total. The summed E-state index contributed by atoms with van der Waals surface area (Å²) in [7, 11) is 0. The normalized spacial score (nSPS) is 10.7. The lowest BCUT2D eigenvalue weighted by Gasteiger charge is -2.10. The van der Waals surface area contributed by atoms with Crippen LogP contribution in [0.4, 0.5) is 4.39 Å². The van der Waals surface area contributed by atoms with Gasteiger partial charge in [-0.15, -0.1) is 0 Å². The lowest BCUT2D eigenvalue weighted by Crippen LogP contribution is -2.28. The molecule has 0 aliphatic rings. The minimum Gasteiger partial charge on any atom is -0.484 e. The van der Waals surface area contributed by atoms with E-state index in [9.17, 15) is 9.18 Å². The van der Waals surface area contributed by atoms with Gasteiger partial charge in [-0.25, -0.2) is 4.39 Å². The first-order chi connectivity index (χ1) is 9.51. The van der Waals surface area contributed by atoms with Gasteiger partial charge in [0.25, 0.3) is 5.91 Å². The molecular weight excluding hydrogens is 259 g/mol. The predicted molar refractivity (Wildman–Crippen MR) is 77.1 cm³/mol. The Balaban J connectivity index is 2.54. The van der Waals surface area contributed by atoms with Gasteiger partial charge in [0.15, 0.2) is 6.61 Å². The number of hydrogen-bond acceptors (Lipinski definition) is 3. The van der Waals surface area contributed by atoms with Gasteiger partial charge in [0.1, 0.15) is 11.6 Å². The number of ether oxygens (including phenoxy) is 1. The molecule has 1 aromatic carbocycles. The van der Waals surface area contributed by atoms with E-state index in [1.54, 1.807) is 6.07 Å². The molecule has 0 fully saturated rings. The summed E-state index contributed by atoms with van der Waals surface area (Å²) in [6, 6.07) is 4.49.